The van der Waals surface area contributed by atoms with Crippen LogP contribution in [0.5, 0.6) is 0 Å². The lowest BCUT2D eigenvalue weighted by Gasteiger charge is -2.32. The number of carboxylic acids is 1. The van der Waals surface area contributed by atoms with Gasteiger partial charge in [-0.05, 0) is 25.5 Å². The standard InChI is InChI=1S/C17H21NO5/c1-11-3-4-12(2)13(9-11)15(19)5-6-16(20)18-7-8-23-10-14(18)17(21)22/h3-4,9,14H,5-8,10H2,1-2H3,(H,21,22). The van der Waals surface area contributed by atoms with Crippen molar-refractivity contribution in [3.8, 4) is 0 Å². The van der Waals surface area contributed by atoms with E-state index in [-0.39, 0.29) is 37.7 Å². The molecule has 0 radical (unpaired) electrons. The Balaban J connectivity index is 1.99. The maximum Gasteiger partial charge on any atom is 0.328 e. The van der Waals surface area contributed by atoms with Gasteiger partial charge in [-0.2, -0.15) is 0 Å². The van der Waals surface area contributed by atoms with Crippen LogP contribution in [0.15, 0.2) is 18.2 Å². The summed E-state index contributed by atoms with van der Waals surface area (Å²) in [4.78, 5) is 37.0. The zero-order valence-corrected chi connectivity index (χ0v) is 13.4. The molecule has 1 aliphatic rings. The molecule has 2 rings (SSSR count). The maximum absolute atomic E-state index is 12.3. The maximum atomic E-state index is 12.3. The molecule has 1 aromatic carbocycles. The van der Waals surface area contributed by atoms with Crippen molar-refractivity contribution < 1.29 is 24.2 Å². The van der Waals surface area contributed by atoms with Gasteiger partial charge in [-0.1, -0.05) is 17.7 Å². The van der Waals surface area contributed by atoms with Crippen LogP contribution in [0.4, 0.5) is 0 Å². The summed E-state index contributed by atoms with van der Waals surface area (Å²) in [7, 11) is 0. The summed E-state index contributed by atoms with van der Waals surface area (Å²) in [6.45, 7) is 4.32. The lowest BCUT2D eigenvalue weighted by Crippen LogP contribution is -2.52. The van der Waals surface area contributed by atoms with E-state index in [1.54, 1.807) is 0 Å². The van der Waals surface area contributed by atoms with E-state index in [9.17, 15) is 14.4 Å². The second-order valence-electron chi connectivity index (χ2n) is 5.76. The van der Waals surface area contributed by atoms with Gasteiger partial charge in [0.2, 0.25) is 5.91 Å². The van der Waals surface area contributed by atoms with E-state index in [1.807, 2.05) is 32.0 Å². The van der Waals surface area contributed by atoms with Crippen molar-refractivity contribution in [1.82, 2.24) is 4.90 Å². The summed E-state index contributed by atoms with van der Waals surface area (Å²) >= 11 is 0. The topological polar surface area (TPSA) is 83.9 Å². The highest BCUT2D eigenvalue weighted by Gasteiger charge is 2.32. The van der Waals surface area contributed by atoms with Gasteiger partial charge < -0.3 is 14.7 Å². The number of hydrogen-bond donors (Lipinski definition) is 1. The van der Waals surface area contributed by atoms with Gasteiger partial charge in [0.15, 0.2) is 11.8 Å². The van der Waals surface area contributed by atoms with Gasteiger partial charge in [-0.25, -0.2) is 4.79 Å². The Kier molecular flexibility index (Phi) is 5.50. The van der Waals surface area contributed by atoms with Crippen LogP contribution < -0.4 is 0 Å². The number of Topliss-reactive ketones (excluding diaryl/α,β-unsaturated/α-hetero) is 1. The molecule has 0 saturated carbocycles. The highest BCUT2D eigenvalue weighted by Crippen LogP contribution is 2.16. The van der Waals surface area contributed by atoms with Crippen LogP contribution in [0.25, 0.3) is 0 Å². The Morgan fingerprint density at radius 1 is 1.26 bits per heavy atom. The van der Waals surface area contributed by atoms with E-state index in [0.29, 0.717) is 12.2 Å². The van der Waals surface area contributed by atoms with E-state index >= 15 is 0 Å². The first kappa shape index (κ1) is 17.1. The zero-order chi connectivity index (χ0) is 17.0. The number of ether oxygens (including phenoxy) is 1. The normalized spacial score (nSPS) is 17.8. The molecule has 1 heterocycles. The van der Waals surface area contributed by atoms with E-state index in [0.717, 1.165) is 11.1 Å². The summed E-state index contributed by atoms with van der Waals surface area (Å²) in [6, 6.07) is 4.67. The predicted octanol–water partition coefficient (Wildman–Crippen LogP) is 1.58. The van der Waals surface area contributed by atoms with Gasteiger partial charge in [0.05, 0.1) is 13.2 Å². The molecule has 1 amide bonds. The van der Waals surface area contributed by atoms with Crippen LogP contribution in [-0.4, -0.2) is 53.5 Å². The van der Waals surface area contributed by atoms with E-state index in [2.05, 4.69) is 0 Å². The third-order valence-electron chi connectivity index (χ3n) is 3.99. The van der Waals surface area contributed by atoms with Crippen LogP contribution in [-0.2, 0) is 14.3 Å². The highest BCUT2D eigenvalue weighted by atomic mass is 16.5. The molecule has 1 fully saturated rings. The van der Waals surface area contributed by atoms with Crippen LogP contribution in [0.2, 0.25) is 0 Å². The smallest absolute Gasteiger partial charge is 0.328 e. The Hall–Kier alpha value is -2.21. The third-order valence-corrected chi connectivity index (χ3v) is 3.99. The van der Waals surface area contributed by atoms with E-state index < -0.39 is 12.0 Å². The van der Waals surface area contributed by atoms with E-state index in [1.165, 1.54) is 4.90 Å². The number of amides is 1. The Labute approximate surface area is 135 Å². The second kappa shape index (κ2) is 7.37. The Bertz CT molecular complexity index is 625. The third kappa shape index (κ3) is 4.16. The molecule has 1 atom stereocenters. The first-order chi connectivity index (χ1) is 10.9. The quantitative estimate of drug-likeness (QED) is 0.833. The number of ketones is 1. The van der Waals surface area contributed by atoms with Crippen LogP contribution in [0, 0.1) is 13.8 Å². The summed E-state index contributed by atoms with van der Waals surface area (Å²) < 4.78 is 5.11. The first-order valence-corrected chi connectivity index (χ1v) is 7.60. The number of carbonyl (C=O) groups is 3. The fourth-order valence-electron chi connectivity index (χ4n) is 2.64. The fourth-order valence-corrected chi connectivity index (χ4v) is 2.64. The van der Waals surface area contributed by atoms with Crippen molar-refractivity contribution in [2.75, 3.05) is 19.8 Å². The number of nitrogens with zero attached hydrogens (tertiary/aromatic N) is 1. The molecule has 0 bridgehead atoms. The number of hydrogen-bond acceptors (Lipinski definition) is 4. The predicted molar refractivity (Wildman–Crippen MR) is 83.4 cm³/mol. The van der Waals surface area contributed by atoms with Gasteiger partial charge in [-0.15, -0.1) is 0 Å². The van der Waals surface area contributed by atoms with Crippen molar-refractivity contribution in [1.29, 1.82) is 0 Å². The highest BCUT2D eigenvalue weighted by molar-refractivity contribution is 5.99. The van der Waals surface area contributed by atoms with Crippen molar-refractivity contribution in [2.24, 2.45) is 0 Å². The number of morpholine rings is 1. The molecule has 0 spiro atoms. The summed E-state index contributed by atoms with van der Waals surface area (Å²) in [5.41, 5.74) is 2.49. The molecule has 1 aromatic rings. The first-order valence-electron chi connectivity index (χ1n) is 7.60. The van der Waals surface area contributed by atoms with Gasteiger partial charge >= 0.3 is 5.97 Å². The largest absolute Gasteiger partial charge is 0.480 e. The molecule has 23 heavy (non-hydrogen) atoms. The summed E-state index contributed by atoms with van der Waals surface area (Å²) in [6.07, 6.45) is 0.0861. The molecule has 6 heteroatoms. The van der Waals surface area contributed by atoms with Gasteiger partial charge in [0.1, 0.15) is 0 Å². The molecule has 1 saturated heterocycles. The van der Waals surface area contributed by atoms with Gasteiger partial charge in [0, 0.05) is 24.9 Å². The second-order valence-corrected chi connectivity index (χ2v) is 5.76. The Morgan fingerprint density at radius 3 is 2.70 bits per heavy atom. The van der Waals surface area contributed by atoms with Gasteiger partial charge in [0.25, 0.3) is 0 Å². The number of aryl methyl sites for hydroxylation is 2. The molecule has 6 nitrogen and oxygen atoms in total. The van der Waals surface area contributed by atoms with Crippen LogP contribution >= 0.6 is 0 Å². The number of benzene rings is 1. The lowest BCUT2D eigenvalue weighted by molar-refractivity contribution is -0.158. The van der Waals surface area contributed by atoms with Crippen LogP contribution in [0.1, 0.15) is 34.3 Å². The fraction of sp³-hybridized carbons (Fsp3) is 0.471. The summed E-state index contributed by atoms with van der Waals surface area (Å²) in [5, 5.41) is 9.14. The number of carboxylic acid groups (broad SMARTS) is 1. The molecule has 0 aromatic heterocycles. The van der Waals surface area contributed by atoms with Crippen molar-refractivity contribution in [2.45, 2.75) is 32.7 Å². The molecule has 124 valence electrons. The average Bonchev–Trinajstić information content (AvgIpc) is 2.54. The molecular formula is C17H21NO5. The number of aliphatic carboxylic acids is 1. The molecular weight excluding hydrogens is 298 g/mol. The van der Waals surface area contributed by atoms with Gasteiger partial charge in [-0.3, -0.25) is 9.59 Å². The number of rotatable bonds is 5. The summed E-state index contributed by atoms with van der Waals surface area (Å²) in [5.74, 6) is -1.50. The van der Waals surface area contributed by atoms with Crippen molar-refractivity contribution in [3.05, 3.63) is 34.9 Å². The molecule has 0 aliphatic carbocycles. The average molecular weight is 319 g/mol. The lowest BCUT2D eigenvalue weighted by atomic mass is 9.99. The van der Waals surface area contributed by atoms with Crippen molar-refractivity contribution in [3.63, 3.8) is 0 Å². The number of carbonyl (C=O) groups excluding carboxylic acids is 2. The zero-order valence-electron chi connectivity index (χ0n) is 13.4. The minimum Gasteiger partial charge on any atom is -0.480 e. The van der Waals surface area contributed by atoms with Crippen molar-refractivity contribution >= 4 is 17.7 Å². The minimum atomic E-state index is -1.08. The SMILES string of the molecule is Cc1ccc(C)c(C(=O)CCC(=O)N2CCOCC2C(=O)O)c1. The van der Waals surface area contributed by atoms with E-state index in [4.69, 9.17) is 9.84 Å². The molecule has 1 unspecified atom stereocenters. The molecule has 1 N–H and O–H groups in total. The van der Waals surface area contributed by atoms with Crippen LogP contribution in [0.3, 0.4) is 0 Å². The monoisotopic (exact) mass is 319 g/mol. The molecule has 1 aliphatic heterocycles. The Morgan fingerprint density at radius 2 is 2.00 bits per heavy atom. The minimum absolute atomic E-state index is 0.00793.